The van der Waals surface area contributed by atoms with E-state index in [0.29, 0.717) is 38.4 Å². The number of ether oxygens (including phenoxy) is 3. The second-order valence-electron chi connectivity index (χ2n) is 10.0. The molecule has 0 unspecified atom stereocenters. The van der Waals surface area contributed by atoms with Gasteiger partial charge < -0.3 is 39.7 Å². The van der Waals surface area contributed by atoms with E-state index in [2.05, 4.69) is 27.9 Å². The van der Waals surface area contributed by atoms with Crippen LogP contribution in [0.4, 0.5) is 0 Å². The van der Waals surface area contributed by atoms with Crippen molar-refractivity contribution in [3.8, 4) is 17.2 Å². The van der Waals surface area contributed by atoms with E-state index in [9.17, 15) is 24.9 Å². The lowest BCUT2D eigenvalue weighted by atomic mass is 9.87. The third-order valence-electron chi connectivity index (χ3n) is 6.93. The third-order valence-corrected chi connectivity index (χ3v) is 7.73. The first-order valence-electron chi connectivity index (χ1n) is 13.5. The van der Waals surface area contributed by atoms with Gasteiger partial charge in [0, 0.05) is 31.0 Å². The Morgan fingerprint density at radius 1 is 1.12 bits per heavy atom. The van der Waals surface area contributed by atoms with Crippen LogP contribution >= 0.6 is 22.6 Å². The normalized spacial score (nSPS) is 18.5. The highest BCUT2D eigenvalue weighted by atomic mass is 127. The number of rotatable bonds is 13. The standard InChI is InChI=1S/C30H39IN2O8/c1-18(2)30(38)33(11-9-20-7-5-6-8-24(20)39-3)23-15-21(29(37)32-10-12-34)16-25(27(23)36)41-28-22(31)13-19(17-35)14-26(28)40-4/h5-8,13-14,16,18,23,25,27,34-36H,9-12,15,17H2,1-4H3,(H,32,37)/t23-,25+,27+/m1/s1. The predicted octanol–water partition coefficient (Wildman–Crippen LogP) is 2.44. The Labute approximate surface area is 254 Å². The minimum atomic E-state index is -1.18. The lowest BCUT2D eigenvalue weighted by Gasteiger charge is -2.41. The number of methoxy groups -OCH3 is 2. The van der Waals surface area contributed by atoms with Crippen molar-refractivity contribution in [2.75, 3.05) is 33.9 Å². The SMILES string of the molecule is COc1ccccc1CCN(C(=O)C(C)C)[C@@H]1CC(C(=O)NCCO)=C[C@H](Oc2c(I)cc(CO)cc2OC)[C@H]1O. The summed E-state index contributed by atoms with van der Waals surface area (Å²) in [4.78, 5) is 28.2. The Hall–Kier alpha value is -2.87. The van der Waals surface area contributed by atoms with E-state index >= 15 is 0 Å². The second-order valence-corrected chi connectivity index (χ2v) is 11.2. The Bertz CT molecular complexity index is 1230. The lowest BCUT2D eigenvalue weighted by Crippen LogP contribution is -2.56. The average molecular weight is 683 g/mol. The maximum Gasteiger partial charge on any atom is 0.247 e. The zero-order chi connectivity index (χ0) is 30.1. The van der Waals surface area contributed by atoms with Gasteiger partial charge in [-0.25, -0.2) is 0 Å². The molecule has 1 aliphatic carbocycles. The van der Waals surface area contributed by atoms with E-state index in [-0.39, 0.29) is 44.5 Å². The van der Waals surface area contributed by atoms with Crippen LogP contribution in [0.3, 0.4) is 0 Å². The fourth-order valence-electron chi connectivity index (χ4n) is 4.82. The third kappa shape index (κ3) is 8.12. The van der Waals surface area contributed by atoms with Crippen molar-refractivity contribution >= 4 is 34.4 Å². The van der Waals surface area contributed by atoms with Crippen molar-refractivity contribution in [3.05, 3.63) is 62.7 Å². The summed E-state index contributed by atoms with van der Waals surface area (Å²) in [6.07, 6.45) is -0.0500. The number of para-hydroxylation sites is 1. The van der Waals surface area contributed by atoms with E-state index < -0.39 is 24.2 Å². The van der Waals surface area contributed by atoms with E-state index in [0.717, 1.165) is 5.56 Å². The summed E-state index contributed by atoms with van der Waals surface area (Å²) < 4.78 is 17.9. The topological polar surface area (TPSA) is 138 Å². The fourth-order valence-corrected chi connectivity index (χ4v) is 5.61. The van der Waals surface area contributed by atoms with E-state index in [4.69, 9.17) is 14.2 Å². The van der Waals surface area contributed by atoms with Crippen LogP contribution in [0.15, 0.2) is 48.0 Å². The number of nitrogens with one attached hydrogen (secondary N) is 1. The summed E-state index contributed by atoms with van der Waals surface area (Å²) in [6.45, 7) is 3.52. The Morgan fingerprint density at radius 3 is 2.46 bits per heavy atom. The van der Waals surface area contributed by atoms with E-state index in [1.54, 1.807) is 44.1 Å². The van der Waals surface area contributed by atoms with Gasteiger partial charge in [0.05, 0.1) is 37.0 Å². The van der Waals surface area contributed by atoms with Gasteiger partial charge in [-0.2, -0.15) is 0 Å². The summed E-state index contributed by atoms with van der Waals surface area (Å²) in [5, 5.41) is 33.2. The van der Waals surface area contributed by atoms with Crippen LogP contribution < -0.4 is 19.5 Å². The molecule has 0 saturated heterocycles. The molecule has 2 aromatic rings. The molecule has 41 heavy (non-hydrogen) atoms. The highest BCUT2D eigenvalue weighted by molar-refractivity contribution is 14.1. The van der Waals surface area contributed by atoms with Crippen molar-refractivity contribution in [3.63, 3.8) is 0 Å². The quantitative estimate of drug-likeness (QED) is 0.237. The van der Waals surface area contributed by atoms with Gasteiger partial charge in [0.1, 0.15) is 18.0 Å². The number of hydrogen-bond acceptors (Lipinski definition) is 8. The molecule has 2 amide bonds. The first-order valence-corrected chi connectivity index (χ1v) is 14.6. The number of aliphatic hydroxyl groups excluding tert-OH is 3. The maximum absolute atomic E-state index is 13.5. The maximum atomic E-state index is 13.5. The zero-order valence-corrected chi connectivity index (χ0v) is 26.0. The zero-order valence-electron chi connectivity index (χ0n) is 23.8. The summed E-state index contributed by atoms with van der Waals surface area (Å²) in [7, 11) is 3.07. The molecule has 0 heterocycles. The fraction of sp³-hybridized carbons (Fsp3) is 0.467. The largest absolute Gasteiger partial charge is 0.496 e. The Kier molecular flexibility index (Phi) is 12.2. The number of aliphatic hydroxyl groups is 3. The molecule has 3 rings (SSSR count). The Balaban J connectivity index is 2.01. The molecular formula is C30H39IN2O8. The minimum absolute atomic E-state index is 0.0612. The molecule has 0 bridgehead atoms. The highest BCUT2D eigenvalue weighted by Gasteiger charge is 2.41. The molecule has 0 aliphatic heterocycles. The van der Waals surface area contributed by atoms with Crippen molar-refractivity contribution in [2.45, 2.75) is 51.5 Å². The van der Waals surface area contributed by atoms with Crippen molar-refractivity contribution < 1.29 is 39.1 Å². The van der Waals surface area contributed by atoms with Crippen LogP contribution in [0.5, 0.6) is 17.2 Å². The number of carbonyl (C=O) groups excluding carboxylic acids is 2. The smallest absolute Gasteiger partial charge is 0.247 e. The molecule has 0 saturated carbocycles. The van der Waals surface area contributed by atoms with Gasteiger partial charge in [-0.05, 0) is 64.4 Å². The van der Waals surface area contributed by atoms with Crippen LogP contribution in [-0.2, 0) is 22.6 Å². The number of hydrogen-bond donors (Lipinski definition) is 4. The predicted molar refractivity (Wildman–Crippen MR) is 162 cm³/mol. The Morgan fingerprint density at radius 2 is 1.83 bits per heavy atom. The van der Waals surface area contributed by atoms with E-state index in [1.165, 1.54) is 7.11 Å². The minimum Gasteiger partial charge on any atom is -0.496 e. The van der Waals surface area contributed by atoms with Crippen LogP contribution in [-0.4, -0.2) is 84.2 Å². The molecule has 224 valence electrons. The molecule has 0 aromatic heterocycles. The van der Waals surface area contributed by atoms with Crippen molar-refractivity contribution in [2.24, 2.45) is 5.92 Å². The summed E-state index contributed by atoms with van der Waals surface area (Å²) in [5.74, 6) is 0.469. The van der Waals surface area contributed by atoms with Crippen molar-refractivity contribution in [1.29, 1.82) is 0 Å². The molecule has 4 N–H and O–H groups in total. The lowest BCUT2D eigenvalue weighted by molar-refractivity contribution is -0.141. The second kappa shape index (κ2) is 15.4. The highest BCUT2D eigenvalue weighted by Crippen LogP contribution is 2.37. The molecule has 11 heteroatoms. The van der Waals surface area contributed by atoms with Gasteiger partial charge in [-0.1, -0.05) is 32.0 Å². The van der Waals surface area contributed by atoms with Gasteiger partial charge in [-0.3, -0.25) is 9.59 Å². The number of carbonyl (C=O) groups is 2. The summed E-state index contributed by atoms with van der Waals surface area (Å²) in [6, 6.07) is 10.2. The molecule has 1 aliphatic rings. The van der Waals surface area contributed by atoms with Gasteiger partial charge in [-0.15, -0.1) is 0 Å². The number of nitrogens with zero attached hydrogens (tertiary/aromatic N) is 1. The summed E-state index contributed by atoms with van der Waals surface area (Å²) in [5.41, 5.74) is 1.87. The van der Waals surface area contributed by atoms with Gasteiger partial charge >= 0.3 is 0 Å². The molecule has 0 spiro atoms. The summed E-state index contributed by atoms with van der Waals surface area (Å²) >= 11 is 2.06. The van der Waals surface area contributed by atoms with Crippen LogP contribution in [0.25, 0.3) is 0 Å². The number of benzene rings is 2. The molecule has 0 radical (unpaired) electrons. The molecule has 2 aromatic carbocycles. The average Bonchev–Trinajstić information content (AvgIpc) is 2.97. The first kappa shape index (κ1) is 32.6. The molecule has 3 atom stereocenters. The number of halogens is 1. The monoisotopic (exact) mass is 682 g/mol. The van der Waals surface area contributed by atoms with E-state index in [1.807, 2.05) is 24.3 Å². The van der Waals surface area contributed by atoms with Gasteiger partial charge in [0.15, 0.2) is 11.5 Å². The number of amides is 2. The van der Waals surface area contributed by atoms with Crippen LogP contribution in [0.1, 0.15) is 31.4 Å². The molecular weight excluding hydrogens is 643 g/mol. The molecule has 0 fully saturated rings. The van der Waals surface area contributed by atoms with Gasteiger partial charge in [0.2, 0.25) is 11.8 Å². The van der Waals surface area contributed by atoms with Crippen LogP contribution in [0.2, 0.25) is 0 Å². The van der Waals surface area contributed by atoms with Crippen molar-refractivity contribution in [1.82, 2.24) is 10.2 Å². The first-order chi connectivity index (χ1) is 19.6. The van der Waals surface area contributed by atoms with Crippen LogP contribution in [0, 0.1) is 9.49 Å². The van der Waals surface area contributed by atoms with Gasteiger partial charge in [0.25, 0.3) is 0 Å². The molecule has 10 nitrogen and oxygen atoms in total.